The summed E-state index contributed by atoms with van der Waals surface area (Å²) in [5.74, 6) is -0.466. The minimum absolute atomic E-state index is 0.0302. The second-order valence-electron chi connectivity index (χ2n) is 5.62. The molecule has 1 aliphatic rings. The van der Waals surface area contributed by atoms with Crippen LogP contribution in [0.1, 0.15) is 30.5 Å². The van der Waals surface area contributed by atoms with Crippen LogP contribution in [0.25, 0.3) is 5.57 Å². The summed E-state index contributed by atoms with van der Waals surface area (Å²) in [6.45, 7) is 8.22. The Balaban J connectivity index is 2.46. The van der Waals surface area contributed by atoms with Gasteiger partial charge in [0.2, 0.25) is 0 Å². The van der Waals surface area contributed by atoms with Crippen LogP contribution in [0.5, 0.6) is 0 Å². The zero-order valence-corrected chi connectivity index (χ0v) is 12.9. The maximum absolute atomic E-state index is 12.5. The van der Waals surface area contributed by atoms with Gasteiger partial charge in [0.25, 0.3) is 11.8 Å². The molecule has 0 radical (unpaired) electrons. The SMILES string of the molecule is Cc1ccc(C2=C(Cl)C(=O)N(CC(C)C)C2=O)c(C)c1. The highest BCUT2D eigenvalue weighted by Crippen LogP contribution is 2.33. The monoisotopic (exact) mass is 291 g/mol. The van der Waals surface area contributed by atoms with Crippen LogP contribution in [-0.2, 0) is 9.59 Å². The normalized spacial score (nSPS) is 15.8. The lowest BCUT2D eigenvalue weighted by atomic mass is 9.99. The number of nitrogens with zero attached hydrogens (tertiary/aromatic N) is 1. The summed E-state index contributed by atoms with van der Waals surface area (Å²) in [7, 11) is 0. The molecule has 2 amide bonds. The van der Waals surface area contributed by atoms with Gasteiger partial charge in [0.1, 0.15) is 5.03 Å². The number of halogens is 1. The van der Waals surface area contributed by atoms with E-state index in [2.05, 4.69) is 0 Å². The minimum Gasteiger partial charge on any atom is -0.273 e. The molecule has 0 saturated carbocycles. The van der Waals surface area contributed by atoms with Crippen LogP contribution >= 0.6 is 11.6 Å². The molecule has 0 spiro atoms. The summed E-state index contributed by atoms with van der Waals surface area (Å²) >= 11 is 6.12. The summed E-state index contributed by atoms with van der Waals surface area (Å²) in [6.07, 6.45) is 0. The second kappa shape index (κ2) is 5.41. The quantitative estimate of drug-likeness (QED) is 0.802. The zero-order chi connectivity index (χ0) is 15.0. The first-order chi connectivity index (χ1) is 9.32. The van der Waals surface area contributed by atoms with Crippen LogP contribution in [0.3, 0.4) is 0 Å². The molecular weight excluding hydrogens is 274 g/mol. The lowest BCUT2D eigenvalue weighted by Crippen LogP contribution is -2.34. The lowest BCUT2D eigenvalue weighted by Gasteiger charge is -2.17. The van der Waals surface area contributed by atoms with E-state index in [0.717, 1.165) is 16.7 Å². The Morgan fingerprint density at radius 1 is 1.15 bits per heavy atom. The molecule has 3 nitrogen and oxygen atoms in total. The minimum atomic E-state index is -0.389. The first-order valence-electron chi connectivity index (χ1n) is 6.66. The maximum Gasteiger partial charge on any atom is 0.273 e. The Bertz CT molecular complexity index is 617. The third-order valence-electron chi connectivity index (χ3n) is 3.31. The fourth-order valence-electron chi connectivity index (χ4n) is 2.40. The number of benzene rings is 1. The standard InChI is InChI=1S/C16H18ClNO2/c1-9(2)8-18-15(19)13(14(17)16(18)20)12-6-5-10(3)7-11(12)4/h5-7,9H,8H2,1-4H3. The summed E-state index contributed by atoms with van der Waals surface area (Å²) in [6, 6.07) is 5.75. The molecule has 0 aliphatic carbocycles. The van der Waals surface area contributed by atoms with Crippen LogP contribution in [0.2, 0.25) is 0 Å². The van der Waals surface area contributed by atoms with E-state index in [4.69, 9.17) is 11.6 Å². The van der Waals surface area contributed by atoms with Gasteiger partial charge in [-0.2, -0.15) is 0 Å². The summed E-state index contributed by atoms with van der Waals surface area (Å²) in [5.41, 5.74) is 3.13. The summed E-state index contributed by atoms with van der Waals surface area (Å²) in [4.78, 5) is 25.8. The first kappa shape index (κ1) is 14.8. The highest BCUT2D eigenvalue weighted by Gasteiger charge is 2.38. The van der Waals surface area contributed by atoms with Gasteiger partial charge in [-0.15, -0.1) is 0 Å². The average molecular weight is 292 g/mol. The van der Waals surface area contributed by atoms with E-state index in [9.17, 15) is 9.59 Å². The molecule has 20 heavy (non-hydrogen) atoms. The number of rotatable bonds is 3. The topological polar surface area (TPSA) is 37.4 Å². The van der Waals surface area contributed by atoms with E-state index in [1.807, 2.05) is 45.9 Å². The molecule has 4 heteroatoms. The number of hydrogen-bond donors (Lipinski definition) is 0. The number of hydrogen-bond acceptors (Lipinski definition) is 2. The second-order valence-corrected chi connectivity index (χ2v) is 6.00. The van der Waals surface area contributed by atoms with E-state index < -0.39 is 0 Å². The maximum atomic E-state index is 12.5. The number of carbonyl (C=O) groups excluding carboxylic acids is 2. The van der Waals surface area contributed by atoms with Crippen molar-refractivity contribution in [2.75, 3.05) is 6.54 Å². The van der Waals surface area contributed by atoms with Crippen molar-refractivity contribution in [2.24, 2.45) is 5.92 Å². The van der Waals surface area contributed by atoms with E-state index in [0.29, 0.717) is 12.1 Å². The molecule has 2 rings (SSSR count). The number of imide groups is 1. The predicted molar refractivity (Wildman–Crippen MR) is 80.2 cm³/mol. The van der Waals surface area contributed by atoms with Crippen molar-refractivity contribution in [1.29, 1.82) is 0 Å². The van der Waals surface area contributed by atoms with Crippen molar-refractivity contribution >= 4 is 29.0 Å². The van der Waals surface area contributed by atoms with Gasteiger partial charge in [0.15, 0.2) is 0 Å². The summed E-state index contributed by atoms with van der Waals surface area (Å²) < 4.78 is 0. The van der Waals surface area contributed by atoms with Crippen molar-refractivity contribution in [1.82, 2.24) is 4.90 Å². The Kier molecular flexibility index (Phi) is 4.00. The van der Waals surface area contributed by atoms with Gasteiger partial charge in [0.05, 0.1) is 5.57 Å². The number of carbonyl (C=O) groups is 2. The van der Waals surface area contributed by atoms with Gasteiger partial charge in [-0.1, -0.05) is 49.2 Å². The van der Waals surface area contributed by atoms with Crippen LogP contribution < -0.4 is 0 Å². The van der Waals surface area contributed by atoms with Gasteiger partial charge in [-0.05, 0) is 30.9 Å². The Morgan fingerprint density at radius 3 is 2.35 bits per heavy atom. The van der Waals surface area contributed by atoms with Crippen LogP contribution in [0.15, 0.2) is 23.2 Å². The molecule has 0 atom stereocenters. The molecular formula is C16H18ClNO2. The van der Waals surface area contributed by atoms with E-state index in [-0.39, 0.29) is 22.8 Å². The van der Waals surface area contributed by atoms with Crippen molar-refractivity contribution in [3.8, 4) is 0 Å². The Morgan fingerprint density at radius 2 is 1.80 bits per heavy atom. The van der Waals surface area contributed by atoms with Crippen molar-refractivity contribution in [3.05, 3.63) is 39.9 Å². The molecule has 1 aliphatic heterocycles. The van der Waals surface area contributed by atoms with Gasteiger partial charge >= 0.3 is 0 Å². The molecule has 106 valence electrons. The lowest BCUT2D eigenvalue weighted by molar-refractivity contribution is -0.137. The Hall–Kier alpha value is -1.61. The highest BCUT2D eigenvalue weighted by atomic mass is 35.5. The zero-order valence-electron chi connectivity index (χ0n) is 12.2. The molecule has 0 N–H and O–H groups in total. The Labute approximate surface area is 124 Å². The van der Waals surface area contributed by atoms with Gasteiger partial charge in [-0.3, -0.25) is 14.5 Å². The van der Waals surface area contributed by atoms with E-state index in [1.165, 1.54) is 4.90 Å². The molecule has 0 bridgehead atoms. The smallest absolute Gasteiger partial charge is 0.273 e. The van der Waals surface area contributed by atoms with Crippen LogP contribution in [0.4, 0.5) is 0 Å². The predicted octanol–water partition coefficient (Wildman–Crippen LogP) is 3.28. The third-order valence-corrected chi connectivity index (χ3v) is 3.66. The summed E-state index contributed by atoms with van der Waals surface area (Å²) in [5, 5.41) is 0.0302. The van der Waals surface area contributed by atoms with Crippen molar-refractivity contribution in [3.63, 3.8) is 0 Å². The molecule has 1 aromatic rings. The van der Waals surface area contributed by atoms with Gasteiger partial charge in [-0.25, -0.2) is 0 Å². The largest absolute Gasteiger partial charge is 0.273 e. The fraction of sp³-hybridized carbons (Fsp3) is 0.375. The molecule has 1 heterocycles. The number of aryl methyl sites for hydroxylation is 2. The van der Waals surface area contributed by atoms with Gasteiger partial charge < -0.3 is 0 Å². The van der Waals surface area contributed by atoms with Gasteiger partial charge in [0, 0.05) is 6.54 Å². The van der Waals surface area contributed by atoms with E-state index >= 15 is 0 Å². The molecule has 0 fully saturated rings. The molecule has 0 aromatic heterocycles. The average Bonchev–Trinajstić information content (AvgIpc) is 2.55. The first-order valence-corrected chi connectivity index (χ1v) is 7.04. The molecule has 1 aromatic carbocycles. The van der Waals surface area contributed by atoms with E-state index in [1.54, 1.807) is 0 Å². The fourth-order valence-corrected chi connectivity index (χ4v) is 2.69. The van der Waals surface area contributed by atoms with Crippen LogP contribution in [0, 0.1) is 19.8 Å². The third kappa shape index (κ3) is 2.50. The molecule has 0 saturated heterocycles. The van der Waals surface area contributed by atoms with Crippen molar-refractivity contribution in [2.45, 2.75) is 27.7 Å². The molecule has 0 unspecified atom stereocenters. The highest BCUT2D eigenvalue weighted by molar-refractivity contribution is 6.55. The number of amides is 2. The van der Waals surface area contributed by atoms with Crippen LogP contribution in [-0.4, -0.2) is 23.3 Å². The van der Waals surface area contributed by atoms with Crippen molar-refractivity contribution < 1.29 is 9.59 Å².